The molecule has 1 atom stereocenters. The van der Waals surface area contributed by atoms with E-state index in [1.165, 1.54) is 31.2 Å². The Morgan fingerprint density at radius 1 is 1.35 bits per heavy atom. The predicted molar refractivity (Wildman–Crippen MR) is 69.2 cm³/mol. The zero-order valence-corrected chi connectivity index (χ0v) is 10.6. The molecule has 0 aromatic heterocycles. The second-order valence-corrected chi connectivity index (χ2v) is 5.04. The van der Waals surface area contributed by atoms with Crippen molar-refractivity contribution in [3.63, 3.8) is 0 Å². The Labute approximate surface area is 104 Å². The summed E-state index contributed by atoms with van der Waals surface area (Å²) in [6, 6.07) is 8.20. The number of ether oxygens (including phenoxy) is 1. The molecule has 0 heterocycles. The van der Waals surface area contributed by atoms with Gasteiger partial charge in [0.25, 0.3) is 0 Å². The molecule has 1 aromatic rings. The van der Waals surface area contributed by atoms with E-state index < -0.39 is 0 Å². The molecule has 0 spiro atoms. The molecule has 0 amide bonds. The summed E-state index contributed by atoms with van der Waals surface area (Å²) in [6.45, 7) is 0.307. The molecule has 17 heavy (non-hydrogen) atoms. The minimum absolute atomic E-state index is 0.307. The van der Waals surface area contributed by atoms with E-state index in [9.17, 15) is 5.11 Å². The molecule has 2 nitrogen and oxygen atoms in total. The van der Waals surface area contributed by atoms with Gasteiger partial charge < -0.3 is 9.84 Å². The van der Waals surface area contributed by atoms with Gasteiger partial charge in [-0.1, -0.05) is 37.8 Å². The zero-order chi connectivity index (χ0) is 12.1. The maximum Gasteiger partial charge on any atom is 0.119 e. The number of hydrogen-bond donors (Lipinski definition) is 1. The van der Waals surface area contributed by atoms with E-state index in [2.05, 4.69) is 12.1 Å². The number of rotatable bonds is 5. The predicted octanol–water partition coefficient (Wildman–Crippen LogP) is 3.04. The van der Waals surface area contributed by atoms with Crippen molar-refractivity contribution in [3.05, 3.63) is 29.8 Å². The number of aliphatic hydroxyl groups excluding tert-OH is 1. The summed E-state index contributed by atoms with van der Waals surface area (Å²) in [4.78, 5) is 0. The van der Waals surface area contributed by atoms with Crippen LogP contribution in [0.5, 0.6) is 5.75 Å². The first-order valence-electron chi connectivity index (χ1n) is 6.57. The van der Waals surface area contributed by atoms with Gasteiger partial charge in [-0.15, -0.1) is 0 Å². The van der Waals surface area contributed by atoms with Gasteiger partial charge >= 0.3 is 0 Å². The van der Waals surface area contributed by atoms with Crippen LogP contribution in [-0.4, -0.2) is 18.8 Å². The summed E-state index contributed by atoms with van der Waals surface area (Å²) in [7, 11) is 1.69. The number of methoxy groups -OCH3 is 1. The topological polar surface area (TPSA) is 29.5 Å². The lowest BCUT2D eigenvalue weighted by Gasteiger charge is -2.21. The van der Waals surface area contributed by atoms with Gasteiger partial charge in [-0.25, -0.2) is 0 Å². The van der Waals surface area contributed by atoms with Crippen molar-refractivity contribution in [3.8, 4) is 5.75 Å². The van der Waals surface area contributed by atoms with Crippen molar-refractivity contribution in [2.24, 2.45) is 11.8 Å². The Balaban J connectivity index is 2.01. The van der Waals surface area contributed by atoms with Crippen LogP contribution in [0.4, 0.5) is 0 Å². The maximum absolute atomic E-state index is 9.54. The average molecular weight is 234 g/mol. The highest BCUT2D eigenvalue weighted by molar-refractivity contribution is 5.28. The second-order valence-electron chi connectivity index (χ2n) is 5.04. The highest BCUT2D eigenvalue weighted by atomic mass is 16.5. The fourth-order valence-electron chi connectivity index (χ4n) is 2.91. The van der Waals surface area contributed by atoms with Gasteiger partial charge in [-0.05, 0) is 36.0 Å². The van der Waals surface area contributed by atoms with Crippen molar-refractivity contribution < 1.29 is 9.84 Å². The van der Waals surface area contributed by atoms with Gasteiger partial charge in [0, 0.05) is 6.61 Å². The third-order valence-corrected chi connectivity index (χ3v) is 3.93. The first-order valence-corrected chi connectivity index (χ1v) is 6.57. The molecule has 1 aliphatic rings. The Morgan fingerprint density at radius 3 is 2.76 bits per heavy atom. The third kappa shape index (κ3) is 3.22. The van der Waals surface area contributed by atoms with E-state index in [0.29, 0.717) is 18.4 Å². The molecule has 0 radical (unpaired) electrons. The Morgan fingerprint density at radius 2 is 2.12 bits per heavy atom. The van der Waals surface area contributed by atoms with Gasteiger partial charge in [-0.2, -0.15) is 0 Å². The van der Waals surface area contributed by atoms with Crippen LogP contribution in [0, 0.1) is 11.8 Å². The maximum atomic E-state index is 9.54. The average Bonchev–Trinajstić information content (AvgIpc) is 2.90. The van der Waals surface area contributed by atoms with Crippen molar-refractivity contribution in [1.82, 2.24) is 0 Å². The van der Waals surface area contributed by atoms with Crippen molar-refractivity contribution in [2.45, 2.75) is 32.1 Å². The van der Waals surface area contributed by atoms with E-state index in [1.54, 1.807) is 7.11 Å². The molecule has 0 saturated heterocycles. The number of hydrogen-bond acceptors (Lipinski definition) is 2. The second kappa shape index (κ2) is 6.06. The van der Waals surface area contributed by atoms with Crippen molar-refractivity contribution in [2.75, 3.05) is 13.7 Å². The van der Waals surface area contributed by atoms with Crippen LogP contribution in [0.2, 0.25) is 0 Å². The molecule has 1 fully saturated rings. The molecule has 1 unspecified atom stereocenters. The largest absolute Gasteiger partial charge is 0.497 e. The molecule has 0 aliphatic heterocycles. The van der Waals surface area contributed by atoms with Crippen LogP contribution in [0.3, 0.4) is 0 Å². The molecule has 1 aromatic carbocycles. The molecule has 1 aliphatic carbocycles. The Bertz CT molecular complexity index is 343. The highest BCUT2D eigenvalue weighted by Gasteiger charge is 2.24. The third-order valence-electron chi connectivity index (χ3n) is 3.93. The molecule has 94 valence electrons. The molecule has 2 heteroatoms. The quantitative estimate of drug-likeness (QED) is 0.848. The van der Waals surface area contributed by atoms with Crippen LogP contribution in [-0.2, 0) is 6.42 Å². The minimum atomic E-state index is 0.307. The fraction of sp³-hybridized carbons (Fsp3) is 0.600. The van der Waals surface area contributed by atoms with E-state index >= 15 is 0 Å². The number of benzene rings is 1. The summed E-state index contributed by atoms with van der Waals surface area (Å²) in [5.41, 5.74) is 1.27. The molecule has 0 bridgehead atoms. The molecular formula is C15H22O2. The smallest absolute Gasteiger partial charge is 0.119 e. The van der Waals surface area contributed by atoms with E-state index in [4.69, 9.17) is 4.74 Å². The Kier molecular flexibility index (Phi) is 4.43. The van der Waals surface area contributed by atoms with Crippen LogP contribution in [0.15, 0.2) is 24.3 Å². The van der Waals surface area contributed by atoms with Gasteiger partial charge in [0.05, 0.1) is 7.11 Å². The summed E-state index contributed by atoms with van der Waals surface area (Å²) in [6.07, 6.45) is 6.21. The first-order chi connectivity index (χ1) is 8.33. The monoisotopic (exact) mass is 234 g/mol. The van der Waals surface area contributed by atoms with Crippen molar-refractivity contribution >= 4 is 0 Å². The van der Waals surface area contributed by atoms with E-state index in [-0.39, 0.29) is 0 Å². The van der Waals surface area contributed by atoms with E-state index in [0.717, 1.165) is 12.2 Å². The lowest BCUT2D eigenvalue weighted by molar-refractivity contribution is 0.175. The summed E-state index contributed by atoms with van der Waals surface area (Å²) >= 11 is 0. The van der Waals surface area contributed by atoms with Crippen LogP contribution < -0.4 is 4.74 Å². The minimum Gasteiger partial charge on any atom is -0.497 e. The lowest BCUT2D eigenvalue weighted by atomic mass is 9.86. The van der Waals surface area contributed by atoms with Crippen molar-refractivity contribution in [1.29, 1.82) is 0 Å². The zero-order valence-electron chi connectivity index (χ0n) is 10.6. The number of aliphatic hydroxyl groups is 1. The Hall–Kier alpha value is -1.02. The first kappa shape index (κ1) is 12.4. The van der Waals surface area contributed by atoms with Crippen LogP contribution >= 0.6 is 0 Å². The van der Waals surface area contributed by atoms with Gasteiger partial charge in [0.2, 0.25) is 0 Å². The molecular weight excluding hydrogens is 212 g/mol. The van der Waals surface area contributed by atoms with Gasteiger partial charge in [-0.3, -0.25) is 0 Å². The summed E-state index contributed by atoms with van der Waals surface area (Å²) in [5.74, 6) is 2.04. The molecule has 1 N–H and O–H groups in total. The lowest BCUT2D eigenvalue weighted by Crippen LogP contribution is -2.18. The molecule has 1 saturated carbocycles. The van der Waals surface area contributed by atoms with Crippen LogP contribution in [0.25, 0.3) is 0 Å². The normalized spacial score (nSPS) is 18.2. The standard InChI is InChI=1S/C15H22O2/c1-17-15-8-4-5-12(10-15)9-14(11-16)13-6-2-3-7-13/h4-5,8,10,13-14,16H,2-3,6-7,9,11H2,1H3. The van der Waals surface area contributed by atoms with E-state index in [1.807, 2.05) is 12.1 Å². The molecule has 2 rings (SSSR count). The van der Waals surface area contributed by atoms with Gasteiger partial charge in [0.1, 0.15) is 5.75 Å². The summed E-state index contributed by atoms with van der Waals surface area (Å²) < 4.78 is 5.23. The van der Waals surface area contributed by atoms with Crippen LogP contribution in [0.1, 0.15) is 31.2 Å². The van der Waals surface area contributed by atoms with Gasteiger partial charge in [0.15, 0.2) is 0 Å². The highest BCUT2D eigenvalue weighted by Crippen LogP contribution is 2.33. The summed E-state index contributed by atoms with van der Waals surface area (Å²) in [5, 5.41) is 9.54. The SMILES string of the molecule is COc1cccc(CC(CO)C2CCCC2)c1. The fourth-order valence-corrected chi connectivity index (χ4v) is 2.91.